The molecule has 2 aliphatic rings. The fourth-order valence-corrected chi connectivity index (χ4v) is 4.50. The lowest BCUT2D eigenvalue weighted by atomic mass is 9.90. The number of methoxy groups -OCH3 is 1. The third-order valence-electron chi connectivity index (χ3n) is 5.98. The zero-order chi connectivity index (χ0) is 24.0. The minimum Gasteiger partial charge on any atom is -0.492 e. The van der Waals surface area contributed by atoms with E-state index in [1.807, 2.05) is 46.0 Å². The first-order valence-corrected chi connectivity index (χ1v) is 11.2. The van der Waals surface area contributed by atoms with E-state index in [4.69, 9.17) is 14.2 Å². The molecular weight excluding hydrogens is 436 g/mol. The smallest absolute Gasteiger partial charge is 0.251 e. The molecule has 178 valence electrons. The number of tetrazole rings is 1. The number of amides is 1. The minimum absolute atomic E-state index is 0.154. The molecule has 2 aromatic carbocycles. The van der Waals surface area contributed by atoms with Gasteiger partial charge in [-0.1, -0.05) is 6.07 Å². The average molecular weight is 465 g/mol. The lowest BCUT2D eigenvalue weighted by Gasteiger charge is -2.34. The summed E-state index contributed by atoms with van der Waals surface area (Å²) in [7, 11) is 3.66. The Morgan fingerprint density at radius 3 is 2.82 bits per heavy atom. The molecule has 10 nitrogen and oxygen atoms in total. The Bertz CT molecular complexity index is 1250. The van der Waals surface area contributed by atoms with E-state index < -0.39 is 0 Å². The van der Waals surface area contributed by atoms with Crippen molar-refractivity contribution < 1.29 is 19.0 Å². The van der Waals surface area contributed by atoms with Crippen molar-refractivity contribution in [2.24, 2.45) is 0 Å². The zero-order valence-electron chi connectivity index (χ0n) is 20.0. The third kappa shape index (κ3) is 3.83. The summed E-state index contributed by atoms with van der Waals surface area (Å²) in [6.45, 7) is 6.81. The topological polar surface area (TPSA) is 104 Å². The van der Waals surface area contributed by atoms with Gasteiger partial charge in [0.1, 0.15) is 6.04 Å². The quantitative estimate of drug-likeness (QED) is 0.628. The van der Waals surface area contributed by atoms with Gasteiger partial charge in [-0.2, -0.15) is 4.68 Å². The number of hydrogen-bond donors (Lipinski definition) is 1. The fourth-order valence-electron chi connectivity index (χ4n) is 4.50. The summed E-state index contributed by atoms with van der Waals surface area (Å²) in [5, 5.41) is 15.6. The van der Waals surface area contributed by atoms with Crippen molar-refractivity contribution in [3.63, 3.8) is 0 Å². The highest BCUT2D eigenvalue weighted by molar-refractivity contribution is 5.95. The standard InChI is InChI=1S/C24H28N6O4/c1-24(2,3)25-23(31)15-7-6-8-16(11-15)30-22(26-27-28-30)19-18-14(9-10-29(19)4)12-17-20(21(18)32-5)34-13-33-17/h6-8,11-12,19H,9-10,13H2,1-5H3,(H,25,31)/t19-/m0/s1. The summed E-state index contributed by atoms with van der Waals surface area (Å²) in [5.41, 5.74) is 2.95. The van der Waals surface area contributed by atoms with Gasteiger partial charge in [0.25, 0.3) is 5.91 Å². The van der Waals surface area contributed by atoms with Gasteiger partial charge in [-0.05, 0) is 74.5 Å². The molecule has 0 bridgehead atoms. The molecule has 0 fully saturated rings. The number of nitrogens with zero attached hydrogens (tertiary/aromatic N) is 5. The highest BCUT2D eigenvalue weighted by Gasteiger charge is 2.37. The van der Waals surface area contributed by atoms with Gasteiger partial charge in [0, 0.05) is 23.2 Å². The third-order valence-corrected chi connectivity index (χ3v) is 5.98. The summed E-state index contributed by atoms with van der Waals surface area (Å²) in [6.07, 6.45) is 0.833. The highest BCUT2D eigenvalue weighted by atomic mass is 16.7. The molecule has 1 aromatic heterocycles. The maximum atomic E-state index is 12.8. The van der Waals surface area contributed by atoms with Crippen LogP contribution in [0.4, 0.5) is 0 Å². The molecule has 1 atom stereocenters. The molecule has 0 radical (unpaired) electrons. The van der Waals surface area contributed by atoms with E-state index in [1.165, 1.54) is 0 Å². The molecule has 0 saturated carbocycles. The van der Waals surface area contributed by atoms with Gasteiger partial charge in [-0.25, -0.2) is 0 Å². The van der Waals surface area contributed by atoms with Crippen LogP contribution in [0.5, 0.6) is 17.2 Å². The Morgan fingerprint density at radius 2 is 2.06 bits per heavy atom. The Hall–Kier alpha value is -3.66. The molecule has 3 heterocycles. The van der Waals surface area contributed by atoms with Crippen molar-refractivity contribution in [2.75, 3.05) is 27.5 Å². The van der Waals surface area contributed by atoms with Crippen LogP contribution in [0.3, 0.4) is 0 Å². The Labute approximate surface area is 197 Å². The van der Waals surface area contributed by atoms with E-state index in [9.17, 15) is 4.79 Å². The van der Waals surface area contributed by atoms with Gasteiger partial charge in [-0.3, -0.25) is 9.69 Å². The van der Waals surface area contributed by atoms with Crippen LogP contribution in [0, 0.1) is 0 Å². The largest absolute Gasteiger partial charge is 0.492 e. The molecular formula is C24H28N6O4. The van der Waals surface area contributed by atoms with Crippen LogP contribution in [0.25, 0.3) is 5.69 Å². The monoisotopic (exact) mass is 464 g/mol. The predicted octanol–water partition coefficient (Wildman–Crippen LogP) is 2.51. The molecule has 0 unspecified atom stereocenters. The molecule has 2 aliphatic heterocycles. The van der Waals surface area contributed by atoms with E-state index in [1.54, 1.807) is 23.9 Å². The van der Waals surface area contributed by atoms with Gasteiger partial charge in [0.15, 0.2) is 17.3 Å². The number of ether oxygens (including phenoxy) is 3. The van der Waals surface area contributed by atoms with Crippen LogP contribution < -0.4 is 19.5 Å². The van der Waals surface area contributed by atoms with Gasteiger partial charge in [0.2, 0.25) is 12.5 Å². The molecule has 5 rings (SSSR count). The van der Waals surface area contributed by atoms with E-state index in [0.717, 1.165) is 24.1 Å². The van der Waals surface area contributed by atoms with Gasteiger partial charge >= 0.3 is 0 Å². The van der Waals surface area contributed by atoms with Crippen LogP contribution >= 0.6 is 0 Å². The van der Waals surface area contributed by atoms with Crippen molar-refractivity contribution >= 4 is 5.91 Å². The zero-order valence-corrected chi connectivity index (χ0v) is 20.0. The molecule has 1 N–H and O–H groups in total. The highest BCUT2D eigenvalue weighted by Crippen LogP contribution is 2.50. The molecule has 0 saturated heterocycles. The lowest BCUT2D eigenvalue weighted by Crippen LogP contribution is -2.40. The van der Waals surface area contributed by atoms with Crippen LogP contribution in [0.1, 0.15) is 54.1 Å². The second kappa shape index (κ2) is 8.28. The molecule has 1 amide bonds. The maximum absolute atomic E-state index is 12.8. The van der Waals surface area contributed by atoms with Crippen LogP contribution in [-0.4, -0.2) is 64.0 Å². The lowest BCUT2D eigenvalue weighted by molar-refractivity contribution is 0.0919. The second-order valence-corrected chi connectivity index (χ2v) is 9.55. The summed E-state index contributed by atoms with van der Waals surface area (Å²) in [6, 6.07) is 9.02. The number of benzene rings is 2. The predicted molar refractivity (Wildman–Crippen MR) is 124 cm³/mol. The first-order valence-electron chi connectivity index (χ1n) is 11.2. The molecule has 0 aliphatic carbocycles. The minimum atomic E-state index is -0.343. The summed E-state index contributed by atoms with van der Waals surface area (Å²) in [5.74, 6) is 2.39. The van der Waals surface area contributed by atoms with E-state index in [2.05, 4.69) is 25.7 Å². The van der Waals surface area contributed by atoms with Crippen LogP contribution in [-0.2, 0) is 6.42 Å². The molecule has 3 aromatic rings. The molecule has 0 spiro atoms. The Kier molecular flexibility index (Phi) is 5.40. The van der Waals surface area contributed by atoms with E-state index in [-0.39, 0.29) is 24.3 Å². The van der Waals surface area contributed by atoms with Crippen LogP contribution in [0.15, 0.2) is 30.3 Å². The number of fused-ring (bicyclic) bond motifs is 2. The van der Waals surface area contributed by atoms with Crippen molar-refractivity contribution in [2.45, 2.75) is 38.8 Å². The van der Waals surface area contributed by atoms with E-state index in [0.29, 0.717) is 34.3 Å². The SMILES string of the molecule is COc1c2c(cc3c1[C@@H](c1nnnn1-c1cccc(C(=O)NC(C)(C)C)c1)N(C)CC3)OCO2. The van der Waals surface area contributed by atoms with E-state index >= 15 is 0 Å². The van der Waals surface area contributed by atoms with Gasteiger partial charge in [0.05, 0.1) is 12.8 Å². The summed E-state index contributed by atoms with van der Waals surface area (Å²) < 4.78 is 18.8. The molecule has 10 heteroatoms. The van der Waals surface area contributed by atoms with Gasteiger partial charge < -0.3 is 19.5 Å². The number of nitrogens with one attached hydrogen (secondary N) is 1. The maximum Gasteiger partial charge on any atom is 0.251 e. The first-order chi connectivity index (χ1) is 16.3. The van der Waals surface area contributed by atoms with Gasteiger partial charge in [-0.15, -0.1) is 5.10 Å². The fraction of sp³-hybridized carbons (Fsp3) is 0.417. The summed E-state index contributed by atoms with van der Waals surface area (Å²) in [4.78, 5) is 14.9. The van der Waals surface area contributed by atoms with Crippen molar-refractivity contribution in [3.05, 3.63) is 52.8 Å². The summed E-state index contributed by atoms with van der Waals surface area (Å²) >= 11 is 0. The molecule has 34 heavy (non-hydrogen) atoms. The number of hydrogen-bond acceptors (Lipinski definition) is 8. The second-order valence-electron chi connectivity index (χ2n) is 9.55. The first kappa shape index (κ1) is 22.1. The normalized spacial score (nSPS) is 17.4. The van der Waals surface area contributed by atoms with Crippen molar-refractivity contribution in [1.82, 2.24) is 30.4 Å². The number of carbonyl (C=O) groups excluding carboxylic acids is 1. The Balaban J connectivity index is 1.59. The number of aromatic nitrogens is 4. The van der Waals surface area contributed by atoms with Crippen molar-refractivity contribution in [1.29, 1.82) is 0 Å². The van der Waals surface area contributed by atoms with Crippen molar-refractivity contribution in [3.8, 4) is 22.9 Å². The number of rotatable bonds is 4. The Morgan fingerprint density at radius 1 is 1.24 bits per heavy atom. The average Bonchev–Trinajstić information content (AvgIpc) is 3.46. The van der Waals surface area contributed by atoms with Crippen LogP contribution in [0.2, 0.25) is 0 Å². The number of likely N-dealkylation sites (N-methyl/N-ethyl adjacent to an activating group) is 1. The number of carbonyl (C=O) groups is 1.